The number of aromatic nitrogens is 2. The number of pyridine rings is 1. The van der Waals surface area contributed by atoms with Crippen LogP contribution in [0.15, 0.2) is 65.2 Å². The zero-order valence-corrected chi connectivity index (χ0v) is 14.8. The molecule has 4 aromatic rings. The Morgan fingerprint density at radius 3 is 2.73 bits per heavy atom. The molecule has 0 aliphatic heterocycles. The molecule has 0 spiro atoms. The number of hydrogen-bond donors (Lipinski definition) is 1. The number of fused-ring (bicyclic) bond motifs is 1. The van der Waals surface area contributed by atoms with E-state index < -0.39 is 0 Å². The second-order valence-electron chi connectivity index (χ2n) is 5.51. The molecular weight excluding hydrogens is 373 g/mol. The molecule has 2 aromatic heterocycles. The normalized spacial score (nSPS) is 10.8. The van der Waals surface area contributed by atoms with Gasteiger partial charge in [-0.25, -0.2) is 9.97 Å². The van der Waals surface area contributed by atoms with Crippen molar-refractivity contribution in [3.63, 3.8) is 0 Å². The van der Waals surface area contributed by atoms with Gasteiger partial charge >= 0.3 is 0 Å². The summed E-state index contributed by atoms with van der Waals surface area (Å²) in [5.74, 6) is 0.113. The molecule has 0 saturated carbocycles. The summed E-state index contributed by atoms with van der Waals surface area (Å²) in [6.45, 7) is 0. The van der Waals surface area contributed by atoms with Gasteiger partial charge in [0.2, 0.25) is 5.89 Å². The first-order chi connectivity index (χ1) is 12.6. The molecule has 0 bridgehead atoms. The fourth-order valence-corrected chi connectivity index (χ4v) is 2.90. The lowest BCUT2D eigenvalue weighted by atomic mass is 10.2. The number of oxazole rings is 1. The van der Waals surface area contributed by atoms with Crippen LogP contribution in [-0.4, -0.2) is 15.9 Å². The number of hydrogen-bond acceptors (Lipinski definition) is 4. The number of rotatable bonds is 3. The summed E-state index contributed by atoms with van der Waals surface area (Å²) in [6.07, 6.45) is 1.53. The van der Waals surface area contributed by atoms with Gasteiger partial charge in [0, 0.05) is 22.5 Å². The Kier molecular flexibility index (Phi) is 4.32. The van der Waals surface area contributed by atoms with E-state index in [0.29, 0.717) is 33.3 Å². The van der Waals surface area contributed by atoms with Crippen molar-refractivity contribution in [3.8, 4) is 11.5 Å². The molecule has 0 atom stereocenters. The summed E-state index contributed by atoms with van der Waals surface area (Å²) in [6, 6.07) is 15.7. The molecule has 26 heavy (non-hydrogen) atoms. The van der Waals surface area contributed by atoms with Crippen LogP contribution in [0.4, 0.5) is 5.69 Å². The Bertz CT molecular complexity index is 1120. The summed E-state index contributed by atoms with van der Waals surface area (Å²) in [7, 11) is 0. The average molecular weight is 384 g/mol. The Balaban J connectivity index is 1.64. The Hall–Kier alpha value is -2.89. The summed E-state index contributed by atoms with van der Waals surface area (Å²) in [5.41, 5.74) is 2.89. The zero-order valence-electron chi connectivity index (χ0n) is 13.2. The van der Waals surface area contributed by atoms with Crippen LogP contribution in [0.3, 0.4) is 0 Å². The van der Waals surface area contributed by atoms with E-state index in [4.69, 9.17) is 27.6 Å². The highest BCUT2D eigenvalue weighted by molar-refractivity contribution is 6.33. The van der Waals surface area contributed by atoms with Gasteiger partial charge in [-0.1, -0.05) is 29.3 Å². The number of amides is 1. The Morgan fingerprint density at radius 1 is 1.04 bits per heavy atom. The van der Waals surface area contributed by atoms with E-state index in [2.05, 4.69) is 15.3 Å². The quantitative estimate of drug-likeness (QED) is 0.477. The number of nitrogens with zero attached hydrogens (tertiary/aromatic N) is 2. The molecule has 1 amide bonds. The first-order valence-electron chi connectivity index (χ1n) is 7.68. The van der Waals surface area contributed by atoms with Crippen LogP contribution in [0.2, 0.25) is 10.2 Å². The molecule has 1 N–H and O–H groups in total. The number of carbonyl (C=O) groups is 1. The molecule has 0 fully saturated rings. The summed E-state index contributed by atoms with van der Waals surface area (Å²) in [5, 5.41) is 3.53. The van der Waals surface area contributed by atoms with Crippen LogP contribution >= 0.6 is 23.2 Å². The van der Waals surface area contributed by atoms with Gasteiger partial charge in [-0.3, -0.25) is 4.79 Å². The lowest BCUT2D eigenvalue weighted by Gasteiger charge is -2.05. The predicted octanol–water partition coefficient (Wildman–Crippen LogP) is 5.45. The van der Waals surface area contributed by atoms with Crippen LogP contribution in [0.25, 0.3) is 22.6 Å². The maximum absolute atomic E-state index is 12.3. The Morgan fingerprint density at radius 2 is 1.92 bits per heavy atom. The average Bonchev–Trinajstić information content (AvgIpc) is 3.05. The molecule has 0 unspecified atom stereocenters. The van der Waals surface area contributed by atoms with Gasteiger partial charge < -0.3 is 9.73 Å². The molecule has 2 aromatic carbocycles. The van der Waals surface area contributed by atoms with Crippen molar-refractivity contribution in [2.75, 3.05) is 5.32 Å². The molecule has 0 radical (unpaired) electrons. The third-order valence-electron chi connectivity index (χ3n) is 3.72. The molecule has 0 aliphatic rings. The lowest BCUT2D eigenvalue weighted by Crippen LogP contribution is -2.12. The minimum absolute atomic E-state index is 0.149. The van der Waals surface area contributed by atoms with Crippen LogP contribution in [0, 0.1) is 0 Å². The largest absolute Gasteiger partial charge is 0.436 e. The van der Waals surface area contributed by atoms with E-state index in [1.165, 1.54) is 6.20 Å². The van der Waals surface area contributed by atoms with E-state index in [1.54, 1.807) is 42.5 Å². The first kappa shape index (κ1) is 16.6. The molecular formula is C19H11Cl2N3O2. The predicted molar refractivity (Wildman–Crippen MR) is 102 cm³/mol. The number of anilines is 1. The minimum atomic E-state index is -0.346. The standard InChI is InChI=1S/C19H11Cl2N3O2/c20-12-4-1-3-11(9-12)19-24-15-10-13(6-7-16(15)26-19)23-18(25)14-5-2-8-22-17(14)21/h1-10H,(H,23,25). The smallest absolute Gasteiger partial charge is 0.258 e. The topological polar surface area (TPSA) is 68.0 Å². The molecule has 4 rings (SSSR count). The van der Waals surface area contributed by atoms with Gasteiger partial charge in [0.05, 0.1) is 5.56 Å². The van der Waals surface area contributed by atoms with Gasteiger partial charge in [0.15, 0.2) is 5.58 Å². The van der Waals surface area contributed by atoms with Gasteiger partial charge in [0.1, 0.15) is 10.7 Å². The van der Waals surface area contributed by atoms with Crippen LogP contribution in [-0.2, 0) is 0 Å². The molecule has 128 valence electrons. The van der Waals surface area contributed by atoms with Crippen molar-refractivity contribution in [3.05, 3.63) is 76.5 Å². The molecule has 5 nitrogen and oxygen atoms in total. The molecule has 0 aliphatic carbocycles. The van der Waals surface area contributed by atoms with Crippen molar-refractivity contribution < 1.29 is 9.21 Å². The van der Waals surface area contributed by atoms with Crippen LogP contribution < -0.4 is 5.32 Å². The van der Waals surface area contributed by atoms with Crippen molar-refractivity contribution in [2.45, 2.75) is 0 Å². The van der Waals surface area contributed by atoms with E-state index in [1.807, 2.05) is 12.1 Å². The van der Waals surface area contributed by atoms with E-state index in [0.717, 1.165) is 5.56 Å². The fraction of sp³-hybridized carbons (Fsp3) is 0. The van der Waals surface area contributed by atoms with E-state index in [-0.39, 0.29) is 11.1 Å². The first-order valence-corrected chi connectivity index (χ1v) is 8.44. The van der Waals surface area contributed by atoms with Crippen molar-refractivity contribution in [1.29, 1.82) is 0 Å². The number of benzene rings is 2. The van der Waals surface area contributed by atoms with Crippen molar-refractivity contribution in [1.82, 2.24) is 9.97 Å². The van der Waals surface area contributed by atoms with Gasteiger partial charge in [-0.05, 0) is 48.5 Å². The van der Waals surface area contributed by atoms with Gasteiger partial charge in [-0.2, -0.15) is 0 Å². The maximum atomic E-state index is 12.3. The number of nitrogens with one attached hydrogen (secondary N) is 1. The summed E-state index contributed by atoms with van der Waals surface area (Å²) < 4.78 is 5.76. The lowest BCUT2D eigenvalue weighted by molar-refractivity contribution is 0.102. The third kappa shape index (κ3) is 3.27. The molecule has 0 saturated heterocycles. The highest BCUT2D eigenvalue weighted by Crippen LogP contribution is 2.28. The number of carbonyl (C=O) groups excluding carboxylic acids is 1. The maximum Gasteiger partial charge on any atom is 0.258 e. The highest BCUT2D eigenvalue weighted by Gasteiger charge is 2.13. The fourth-order valence-electron chi connectivity index (χ4n) is 2.50. The SMILES string of the molecule is O=C(Nc1ccc2oc(-c3cccc(Cl)c3)nc2c1)c1cccnc1Cl. The van der Waals surface area contributed by atoms with Crippen LogP contribution in [0.1, 0.15) is 10.4 Å². The van der Waals surface area contributed by atoms with E-state index >= 15 is 0 Å². The highest BCUT2D eigenvalue weighted by atomic mass is 35.5. The monoisotopic (exact) mass is 383 g/mol. The third-order valence-corrected chi connectivity index (χ3v) is 4.26. The molecule has 2 heterocycles. The van der Waals surface area contributed by atoms with Gasteiger partial charge in [-0.15, -0.1) is 0 Å². The van der Waals surface area contributed by atoms with Gasteiger partial charge in [0.25, 0.3) is 5.91 Å². The zero-order chi connectivity index (χ0) is 18.1. The van der Waals surface area contributed by atoms with Crippen molar-refractivity contribution >= 4 is 45.9 Å². The number of halogens is 2. The van der Waals surface area contributed by atoms with E-state index in [9.17, 15) is 4.79 Å². The van der Waals surface area contributed by atoms with Crippen LogP contribution in [0.5, 0.6) is 0 Å². The second kappa shape index (κ2) is 6.78. The second-order valence-corrected chi connectivity index (χ2v) is 6.30. The Labute approximate surface area is 158 Å². The summed E-state index contributed by atoms with van der Waals surface area (Å²) >= 11 is 12.0. The summed E-state index contributed by atoms with van der Waals surface area (Å²) in [4.78, 5) is 20.7. The molecule has 7 heteroatoms. The minimum Gasteiger partial charge on any atom is -0.436 e. The van der Waals surface area contributed by atoms with Crippen molar-refractivity contribution in [2.24, 2.45) is 0 Å².